The molecule has 1 aliphatic rings. The molecule has 0 radical (unpaired) electrons. The summed E-state index contributed by atoms with van der Waals surface area (Å²) in [5.74, 6) is 0.112. The molecule has 0 aliphatic heterocycles. The molecule has 1 unspecified atom stereocenters. The predicted octanol–water partition coefficient (Wildman–Crippen LogP) is 4.15. The van der Waals surface area contributed by atoms with E-state index in [1.165, 1.54) is 11.1 Å². The quantitative estimate of drug-likeness (QED) is 0.657. The van der Waals surface area contributed by atoms with Crippen LogP contribution in [0.15, 0.2) is 60.7 Å². The zero-order valence-electron chi connectivity index (χ0n) is 11.6. The minimum absolute atomic E-state index is 0.0325. The van der Waals surface area contributed by atoms with Crippen molar-refractivity contribution in [3.05, 3.63) is 77.5 Å². The van der Waals surface area contributed by atoms with Crippen molar-refractivity contribution >= 4 is 16.7 Å². The zero-order chi connectivity index (χ0) is 14.2. The summed E-state index contributed by atoms with van der Waals surface area (Å²) < 4.78 is 0. The number of pyridine rings is 1. The van der Waals surface area contributed by atoms with Crippen molar-refractivity contribution in [2.24, 2.45) is 0 Å². The summed E-state index contributed by atoms with van der Waals surface area (Å²) >= 11 is 0. The lowest BCUT2D eigenvalue weighted by Crippen LogP contribution is -2.11. The van der Waals surface area contributed by atoms with Gasteiger partial charge in [-0.05, 0) is 36.1 Å². The number of carbonyl (C=O) groups is 1. The minimum Gasteiger partial charge on any atom is -0.292 e. The van der Waals surface area contributed by atoms with Gasteiger partial charge in [0.2, 0.25) is 0 Å². The fourth-order valence-corrected chi connectivity index (χ4v) is 3.21. The lowest BCUT2D eigenvalue weighted by atomic mass is 9.94. The second-order valence-electron chi connectivity index (χ2n) is 5.54. The van der Waals surface area contributed by atoms with Crippen molar-refractivity contribution in [1.82, 2.24) is 4.98 Å². The Balaban J connectivity index is 1.74. The molecule has 0 bridgehead atoms. The average Bonchev–Trinajstić information content (AvgIpc) is 2.98. The van der Waals surface area contributed by atoms with Gasteiger partial charge in [-0.2, -0.15) is 0 Å². The number of nitrogens with zero attached hydrogens (tertiary/aromatic N) is 1. The van der Waals surface area contributed by atoms with Crippen LogP contribution in [0.2, 0.25) is 0 Å². The van der Waals surface area contributed by atoms with Gasteiger partial charge in [0, 0.05) is 11.3 Å². The molecule has 21 heavy (non-hydrogen) atoms. The smallest absolute Gasteiger partial charge is 0.188 e. The molecule has 0 amide bonds. The highest BCUT2D eigenvalue weighted by molar-refractivity contribution is 6.01. The second-order valence-corrected chi connectivity index (χ2v) is 5.54. The number of ketones is 1. The maximum Gasteiger partial charge on any atom is 0.188 e. The first-order valence-electron chi connectivity index (χ1n) is 7.31. The van der Waals surface area contributed by atoms with E-state index in [0.29, 0.717) is 5.69 Å². The van der Waals surface area contributed by atoms with Gasteiger partial charge in [-0.15, -0.1) is 0 Å². The van der Waals surface area contributed by atoms with Crippen molar-refractivity contribution in [2.45, 2.75) is 18.8 Å². The number of para-hydroxylation sites is 1. The number of hydrogen-bond donors (Lipinski definition) is 0. The van der Waals surface area contributed by atoms with E-state index in [0.717, 1.165) is 23.7 Å². The summed E-state index contributed by atoms with van der Waals surface area (Å²) in [6.07, 6.45) is 1.88. The number of carbonyl (C=O) groups excluding carboxylic acids is 1. The normalized spacial score (nSPS) is 16.9. The SMILES string of the molecule is O=C(c1ccc2ccccc2n1)C1CCc2ccccc21. The highest BCUT2D eigenvalue weighted by Gasteiger charge is 2.29. The van der Waals surface area contributed by atoms with Crippen LogP contribution in [-0.4, -0.2) is 10.8 Å². The van der Waals surface area contributed by atoms with Gasteiger partial charge in [-0.25, -0.2) is 4.98 Å². The van der Waals surface area contributed by atoms with Gasteiger partial charge >= 0.3 is 0 Å². The molecule has 2 nitrogen and oxygen atoms in total. The minimum atomic E-state index is -0.0325. The Morgan fingerprint density at radius 3 is 2.71 bits per heavy atom. The molecule has 2 heteroatoms. The Hall–Kier alpha value is -2.48. The molecular formula is C19H15NO. The van der Waals surface area contributed by atoms with Gasteiger partial charge in [0.15, 0.2) is 5.78 Å². The van der Waals surface area contributed by atoms with Crippen LogP contribution >= 0.6 is 0 Å². The van der Waals surface area contributed by atoms with Crippen molar-refractivity contribution in [2.75, 3.05) is 0 Å². The Kier molecular flexibility index (Phi) is 2.81. The van der Waals surface area contributed by atoms with E-state index >= 15 is 0 Å². The van der Waals surface area contributed by atoms with Gasteiger partial charge in [0.1, 0.15) is 5.69 Å². The Labute approximate surface area is 123 Å². The molecule has 1 aliphatic carbocycles. The summed E-state index contributed by atoms with van der Waals surface area (Å²) in [6, 6.07) is 20.0. The predicted molar refractivity (Wildman–Crippen MR) is 83.6 cm³/mol. The number of benzene rings is 2. The summed E-state index contributed by atoms with van der Waals surface area (Å²) in [7, 11) is 0. The highest BCUT2D eigenvalue weighted by atomic mass is 16.1. The van der Waals surface area contributed by atoms with Gasteiger partial charge in [0.25, 0.3) is 0 Å². The first-order valence-corrected chi connectivity index (χ1v) is 7.31. The Morgan fingerprint density at radius 2 is 1.76 bits per heavy atom. The first-order chi connectivity index (χ1) is 10.3. The van der Waals surface area contributed by atoms with E-state index in [1.807, 2.05) is 48.5 Å². The molecule has 1 aromatic heterocycles. The van der Waals surface area contributed by atoms with Crippen molar-refractivity contribution in [3.8, 4) is 0 Å². The van der Waals surface area contributed by atoms with Gasteiger partial charge in [-0.1, -0.05) is 48.5 Å². The fraction of sp³-hybridized carbons (Fsp3) is 0.158. The number of aromatic nitrogens is 1. The van der Waals surface area contributed by atoms with Gasteiger partial charge in [-0.3, -0.25) is 4.79 Å². The molecule has 0 fully saturated rings. The molecule has 102 valence electrons. The van der Waals surface area contributed by atoms with Crippen molar-refractivity contribution < 1.29 is 4.79 Å². The van der Waals surface area contributed by atoms with Crippen LogP contribution in [-0.2, 0) is 6.42 Å². The van der Waals surface area contributed by atoms with Crippen LogP contribution in [0.4, 0.5) is 0 Å². The largest absolute Gasteiger partial charge is 0.292 e. The van der Waals surface area contributed by atoms with Crippen LogP contribution in [0, 0.1) is 0 Å². The summed E-state index contributed by atoms with van der Waals surface area (Å²) in [4.78, 5) is 17.3. The highest BCUT2D eigenvalue weighted by Crippen LogP contribution is 2.35. The molecule has 0 spiro atoms. The molecule has 3 aromatic rings. The maximum absolute atomic E-state index is 12.8. The van der Waals surface area contributed by atoms with Crippen LogP contribution in [0.5, 0.6) is 0 Å². The Morgan fingerprint density at radius 1 is 0.952 bits per heavy atom. The third-order valence-corrected chi connectivity index (χ3v) is 4.30. The molecule has 1 atom stereocenters. The molecule has 1 heterocycles. The molecule has 0 N–H and O–H groups in total. The summed E-state index contributed by atoms with van der Waals surface area (Å²) in [5, 5.41) is 1.07. The lowest BCUT2D eigenvalue weighted by Gasteiger charge is -2.10. The zero-order valence-corrected chi connectivity index (χ0v) is 11.6. The van der Waals surface area contributed by atoms with E-state index in [1.54, 1.807) is 0 Å². The third-order valence-electron chi connectivity index (χ3n) is 4.30. The van der Waals surface area contributed by atoms with Crippen LogP contribution in [0.3, 0.4) is 0 Å². The summed E-state index contributed by atoms with van der Waals surface area (Å²) in [5.41, 5.74) is 3.94. The lowest BCUT2D eigenvalue weighted by molar-refractivity contribution is 0.0955. The summed E-state index contributed by atoms with van der Waals surface area (Å²) in [6.45, 7) is 0. The molecule has 0 saturated heterocycles. The van der Waals surface area contributed by atoms with E-state index in [2.05, 4.69) is 17.1 Å². The third kappa shape index (κ3) is 2.04. The molecule has 2 aromatic carbocycles. The average molecular weight is 273 g/mol. The van der Waals surface area contributed by atoms with E-state index in [-0.39, 0.29) is 11.7 Å². The second kappa shape index (κ2) is 4.81. The number of aryl methyl sites for hydroxylation is 1. The number of hydrogen-bond acceptors (Lipinski definition) is 2. The van der Waals surface area contributed by atoms with Gasteiger partial charge < -0.3 is 0 Å². The van der Waals surface area contributed by atoms with Crippen LogP contribution in [0.25, 0.3) is 10.9 Å². The van der Waals surface area contributed by atoms with E-state index in [9.17, 15) is 4.79 Å². The number of Topliss-reactive ketones (excluding diaryl/α,β-unsaturated/α-hetero) is 1. The standard InChI is InChI=1S/C19H15NO/c21-19(16-11-9-13-5-1-3-7-15(13)16)18-12-10-14-6-2-4-8-17(14)20-18/h1-8,10,12,16H,9,11H2. The number of rotatable bonds is 2. The maximum atomic E-state index is 12.8. The monoisotopic (exact) mass is 273 g/mol. The molecule has 4 rings (SSSR count). The Bertz CT molecular complexity index is 838. The molecule has 0 saturated carbocycles. The van der Waals surface area contributed by atoms with Gasteiger partial charge in [0.05, 0.1) is 5.52 Å². The van der Waals surface area contributed by atoms with Crippen LogP contribution < -0.4 is 0 Å². The first kappa shape index (κ1) is 12.3. The van der Waals surface area contributed by atoms with Crippen molar-refractivity contribution in [1.29, 1.82) is 0 Å². The fourth-order valence-electron chi connectivity index (χ4n) is 3.21. The van der Waals surface area contributed by atoms with E-state index < -0.39 is 0 Å². The van der Waals surface area contributed by atoms with E-state index in [4.69, 9.17) is 0 Å². The number of fused-ring (bicyclic) bond motifs is 2. The molecular weight excluding hydrogens is 258 g/mol. The topological polar surface area (TPSA) is 30.0 Å². The van der Waals surface area contributed by atoms with Crippen molar-refractivity contribution in [3.63, 3.8) is 0 Å². The van der Waals surface area contributed by atoms with Crippen LogP contribution in [0.1, 0.15) is 34.0 Å².